The van der Waals surface area contributed by atoms with E-state index in [4.69, 9.17) is 0 Å². The van der Waals surface area contributed by atoms with Crippen LogP contribution in [-0.2, 0) is 6.54 Å². The lowest BCUT2D eigenvalue weighted by atomic mass is 10.1. The summed E-state index contributed by atoms with van der Waals surface area (Å²) in [6, 6.07) is 0. The summed E-state index contributed by atoms with van der Waals surface area (Å²) in [7, 11) is 1.97. The van der Waals surface area contributed by atoms with Gasteiger partial charge in [0.2, 0.25) is 0 Å². The van der Waals surface area contributed by atoms with Gasteiger partial charge in [0.05, 0.1) is 0 Å². The third-order valence-corrected chi connectivity index (χ3v) is 3.39. The fourth-order valence-corrected chi connectivity index (χ4v) is 2.75. The van der Waals surface area contributed by atoms with Crippen LogP contribution in [0.25, 0.3) is 0 Å². The molecule has 0 radical (unpaired) electrons. The van der Waals surface area contributed by atoms with E-state index in [-0.39, 0.29) is 0 Å². The van der Waals surface area contributed by atoms with Gasteiger partial charge < -0.3 is 10.2 Å². The van der Waals surface area contributed by atoms with Gasteiger partial charge in [0.15, 0.2) is 5.13 Å². The second kappa shape index (κ2) is 6.97. The summed E-state index contributed by atoms with van der Waals surface area (Å²) in [5.74, 6) is 1.34. The maximum absolute atomic E-state index is 4.55. The Balaban J connectivity index is 2.72. The summed E-state index contributed by atoms with van der Waals surface area (Å²) in [5.41, 5.74) is 0. The minimum absolute atomic E-state index is 0.672. The summed E-state index contributed by atoms with van der Waals surface area (Å²) in [6.45, 7) is 12.1. The molecule has 0 aromatic carbocycles. The summed E-state index contributed by atoms with van der Waals surface area (Å²) in [5, 5.41) is 4.33. The number of thiazole rings is 1. The fourth-order valence-electron chi connectivity index (χ4n) is 1.81. The van der Waals surface area contributed by atoms with E-state index in [0.717, 1.165) is 24.8 Å². The predicted molar refractivity (Wildman–Crippen MR) is 76.8 cm³/mol. The standard InChI is InChI=1S/C13H25N3S/c1-10(2)8-16(9-11(3)4)13-15-7-12(17-13)6-14-5/h7,10-11,14H,6,8-9H2,1-5H3. The van der Waals surface area contributed by atoms with Crippen LogP contribution in [0.5, 0.6) is 0 Å². The lowest BCUT2D eigenvalue weighted by molar-refractivity contribution is 0.552. The summed E-state index contributed by atoms with van der Waals surface area (Å²) in [4.78, 5) is 8.27. The van der Waals surface area contributed by atoms with Gasteiger partial charge in [-0.2, -0.15) is 0 Å². The monoisotopic (exact) mass is 255 g/mol. The maximum atomic E-state index is 4.55. The summed E-state index contributed by atoms with van der Waals surface area (Å²) >= 11 is 1.80. The molecule has 0 saturated carbocycles. The molecule has 0 saturated heterocycles. The van der Waals surface area contributed by atoms with Crippen molar-refractivity contribution in [2.45, 2.75) is 34.2 Å². The third kappa shape index (κ3) is 5.04. The Kier molecular flexibility index (Phi) is 5.92. The first kappa shape index (κ1) is 14.5. The Morgan fingerprint density at radius 3 is 2.29 bits per heavy atom. The number of anilines is 1. The quantitative estimate of drug-likeness (QED) is 0.812. The number of nitrogens with one attached hydrogen (secondary N) is 1. The highest BCUT2D eigenvalue weighted by molar-refractivity contribution is 7.15. The molecule has 0 bridgehead atoms. The smallest absolute Gasteiger partial charge is 0.185 e. The molecule has 3 nitrogen and oxygen atoms in total. The molecule has 0 aliphatic heterocycles. The van der Waals surface area contributed by atoms with Crippen LogP contribution < -0.4 is 10.2 Å². The normalized spacial score (nSPS) is 11.5. The molecule has 1 rings (SSSR count). The molecular weight excluding hydrogens is 230 g/mol. The van der Waals surface area contributed by atoms with Crippen molar-refractivity contribution in [1.82, 2.24) is 10.3 Å². The molecule has 1 aromatic rings. The Labute approximate surface area is 109 Å². The molecule has 4 heteroatoms. The molecule has 0 atom stereocenters. The van der Waals surface area contributed by atoms with Gasteiger partial charge >= 0.3 is 0 Å². The molecule has 0 unspecified atom stereocenters. The first-order valence-corrected chi connectivity index (χ1v) is 7.18. The Hall–Kier alpha value is -0.610. The molecule has 98 valence electrons. The average Bonchev–Trinajstić information content (AvgIpc) is 2.64. The Morgan fingerprint density at radius 2 is 1.82 bits per heavy atom. The van der Waals surface area contributed by atoms with Crippen molar-refractivity contribution < 1.29 is 0 Å². The van der Waals surface area contributed by atoms with Crippen molar-refractivity contribution in [3.05, 3.63) is 11.1 Å². The van der Waals surface area contributed by atoms with Crippen LogP contribution in [-0.4, -0.2) is 25.1 Å². The number of nitrogens with zero attached hydrogens (tertiary/aromatic N) is 2. The number of rotatable bonds is 7. The van der Waals surface area contributed by atoms with E-state index in [1.807, 2.05) is 13.2 Å². The summed E-state index contributed by atoms with van der Waals surface area (Å²) < 4.78 is 0. The highest BCUT2D eigenvalue weighted by atomic mass is 32.1. The minimum Gasteiger partial charge on any atom is -0.348 e. The van der Waals surface area contributed by atoms with E-state index in [9.17, 15) is 0 Å². The van der Waals surface area contributed by atoms with Gasteiger partial charge in [-0.15, -0.1) is 11.3 Å². The van der Waals surface area contributed by atoms with Crippen molar-refractivity contribution in [2.75, 3.05) is 25.0 Å². The second-order valence-electron chi connectivity index (χ2n) is 5.33. The SMILES string of the molecule is CNCc1cnc(N(CC(C)C)CC(C)C)s1. The van der Waals surface area contributed by atoms with Gasteiger partial charge in [-0.3, -0.25) is 0 Å². The molecule has 0 amide bonds. The van der Waals surface area contributed by atoms with E-state index in [0.29, 0.717) is 11.8 Å². The highest BCUT2D eigenvalue weighted by Gasteiger charge is 2.13. The van der Waals surface area contributed by atoms with Gasteiger partial charge in [-0.25, -0.2) is 4.98 Å². The topological polar surface area (TPSA) is 28.2 Å². The molecule has 0 fully saturated rings. The second-order valence-corrected chi connectivity index (χ2v) is 6.43. The zero-order chi connectivity index (χ0) is 12.8. The van der Waals surface area contributed by atoms with E-state index in [2.05, 4.69) is 42.9 Å². The summed E-state index contributed by atoms with van der Waals surface area (Å²) in [6.07, 6.45) is 1.99. The highest BCUT2D eigenvalue weighted by Crippen LogP contribution is 2.24. The maximum Gasteiger partial charge on any atom is 0.185 e. The van der Waals surface area contributed by atoms with Crippen LogP contribution in [0.1, 0.15) is 32.6 Å². The molecule has 0 aliphatic rings. The van der Waals surface area contributed by atoms with Gasteiger partial charge in [0, 0.05) is 30.7 Å². The van der Waals surface area contributed by atoms with Crippen molar-refractivity contribution in [3.8, 4) is 0 Å². The van der Waals surface area contributed by atoms with Crippen molar-refractivity contribution in [3.63, 3.8) is 0 Å². The number of hydrogen-bond acceptors (Lipinski definition) is 4. The van der Waals surface area contributed by atoms with E-state index in [1.165, 1.54) is 4.88 Å². The van der Waals surface area contributed by atoms with E-state index in [1.54, 1.807) is 11.3 Å². The first-order valence-electron chi connectivity index (χ1n) is 6.37. The molecule has 1 aromatic heterocycles. The van der Waals surface area contributed by atoms with Gasteiger partial charge in [-0.1, -0.05) is 27.7 Å². The number of aromatic nitrogens is 1. The van der Waals surface area contributed by atoms with E-state index >= 15 is 0 Å². The van der Waals surface area contributed by atoms with E-state index < -0.39 is 0 Å². The predicted octanol–water partition coefficient (Wildman–Crippen LogP) is 2.98. The van der Waals surface area contributed by atoms with Crippen molar-refractivity contribution in [2.24, 2.45) is 11.8 Å². The fraction of sp³-hybridized carbons (Fsp3) is 0.769. The minimum atomic E-state index is 0.672. The third-order valence-electron chi connectivity index (χ3n) is 2.33. The average molecular weight is 255 g/mol. The van der Waals surface area contributed by atoms with Crippen LogP contribution >= 0.6 is 11.3 Å². The molecule has 0 aliphatic carbocycles. The van der Waals surface area contributed by atoms with Gasteiger partial charge in [-0.05, 0) is 18.9 Å². The van der Waals surface area contributed by atoms with Gasteiger partial charge in [0.1, 0.15) is 0 Å². The van der Waals surface area contributed by atoms with Crippen LogP contribution in [0.3, 0.4) is 0 Å². The van der Waals surface area contributed by atoms with Gasteiger partial charge in [0.25, 0.3) is 0 Å². The Morgan fingerprint density at radius 1 is 1.24 bits per heavy atom. The zero-order valence-corrected chi connectivity index (χ0v) is 12.5. The lowest BCUT2D eigenvalue weighted by Gasteiger charge is -2.25. The largest absolute Gasteiger partial charge is 0.348 e. The molecule has 0 spiro atoms. The number of hydrogen-bond donors (Lipinski definition) is 1. The van der Waals surface area contributed by atoms with Crippen molar-refractivity contribution in [1.29, 1.82) is 0 Å². The van der Waals surface area contributed by atoms with Crippen LogP contribution in [0, 0.1) is 11.8 Å². The molecule has 1 N–H and O–H groups in total. The van der Waals surface area contributed by atoms with Crippen molar-refractivity contribution >= 4 is 16.5 Å². The Bertz CT molecular complexity index is 310. The molecule has 1 heterocycles. The van der Waals surface area contributed by atoms with Crippen LogP contribution in [0.4, 0.5) is 5.13 Å². The van der Waals surface area contributed by atoms with Crippen LogP contribution in [0.2, 0.25) is 0 Å². The molecular formula is C13H25N3S. The lowest BCUT2D eigenvalue weighted by Crippen LogP contribution is -2.31. The van der Waals surface area contributed by atoms with Crippen LogP contribution in [0.15, 0.2) is 6.20 Å². The molecule has 17 heavy (non-hydrogen) atoms. The first-order chi connectivity index (χ1) is 8.02. The zero-order valence-electron chi connectivity index (χ0n) is 11.7.